The second kappa shape index (κ2) is 4.71. The number of benzene rings is 2. The van der Waals surface area contributed by atoms with E-state index < -0.39 is 0 Å². The van der Waals surface area contributed by atoms with Crippen LogP contribution in [0.15, 0.2) is 42.5 Å². The van der Waals surface area contributed by atoms with Crippen LogP contribution in [0, 0.1) is 25.2 Å². The first-order valence-electron chi connectivity index (χ1n) is 5.54. The third-order valence-corrected chi connectivity index (χ3v) is 2.80. The van der Waals surface area contributed by atoms with Gasteiger partial charge in [-0.25, -0.2) is 0 Å². The zero-order chi connectivity index (χ0) is 12.3. The van der Waals surface area contributed by atoms with Gasteiger partial charge in [-0.1, -0.05) is 30.3 Å². The van der Waals surface area contributed by atoms with Gasteiger partial charge >= 0.3 is 0 Å². The molecule has 2 aromatic carbocycles. The lowest BCUT2D eigenvalue weighted by molar-refractivity contribution is 1.37. The second-order valence-electron chi connectivity index (χ2n) is 4.05. The summed E-state index contributed by atoms with van der Waals surface area (Å²) < 4.78 is 0. The Labute approximate surface area is 102 Å². The third kappa shape index (κ3) is 2.29. The van der Waals surface area contributed by atoms with Crippen molar-refractivity contribution < 1.29 is 0 Å². The molecule has 2 rings (SSSR count). The van der Waals surface area contributed by atoms with E-state index in [4.69, 9.17) is 5.26 Å². The van der Waals surface area contributed by atoms with Crippen molar-refractivity contribution in [3.05, 3.63) is 59.2 Å². The monoisotopic (exact) mass is 222 g/mol. The summed E-state index contributed by atoms with van der Waals surface area (Å²) in [7, 11) is 0. The molecule has 0 aliphatic carbocycles. The van der Waals surface area contributed by atoms with Crippen molar-refractivity contribution in [3.63, 3.8) is 0 Å². The molecule has 0 aliphatic rings. The van der Waals surface area contributed by atoms with Gasteiger partial charge in [0.05, 0.1) is 11.3 Å². The van der Waals surface area contributed by atoms with Gasteiger partial charge in [0.15, 0.2) is 0 Å². The van der Waals surface area contributed by atoms with E-state index in [0.29, 0.717) is 5.56 Å². The van der Waals surface area contributed by atoms with Crippen LogP contribution in [0.3, 0.4) is 0 Å². The van der Waals surface area contributed by atoms with E-state index in [0.717, 1.165) is 16.9 Å². The summed E-state index contributed by atoms with van der Waals surface area (Å²) in [5.74, 6) is 0. The Morgan fingerprint density at radius 3 is 2.35 bits per heavy atom. The molecule has 2 aromatic rings. The van der Waals surface area contributed by atoms with Crippen molar-refractivity contribution in [1.82, 2.24) is 0 Å². The molecule has 0 bridgehead atoms. The standard InChI is InChI=1S/C15H14N2/c1-11-6-3-4-9-14(11)17-15-12(2)7-5-8-13(15)10-16/h3-9,17H,1-2H3. The SMILES string of the molecule is Cc1ccccc1Nc1c(C)cccc1C#N. The van der Waals surface area contributed by atoms with E-state index in [1.165, 1.54) is 5.56 Å². The molecule has 0 aliphatic heterocycles. The summed E-state index contributed by atoms with van der Waals surface area (Å²) in [5.41, 5.74) is 4.85. The van der Waals surface area contributed by atoms with Crippen molar-refractivity contribution in [2.24, 2.45) is 0 Å². The molecule has 84 valence electrons. The molecule has 17 heavy (non-hydrogen) atoms. The fourth-order valence-corrected chi connectivity index (χ4v) is 1.77. The van der Waals surface area contributed by atoms with Crippen LogP contribution in [-0.2, 0) is 0 Å². The number of hydrogen-bond acceptors (Lipinski definition) is 2. The fourth-order valence-electron chi connectivity index (χ4n) is 1.77. The van der Waals surface area contributed by atoms with Gasteiger partial charge in [-0.2, -0.15) is 5.26 Å². The van der Waals surface area contributed by atoms with E-state index in [-0.39, 0.29) is 0 Å². The van der Waals surface area contributed by atoms with Crippen LogP contribution in [0.1, 0.15) is 16.7 Å². The fraction of sp³-hybridized carbons (Fsp3) is 0.133. The zero-order valence-corrected chi connectivity index (χ0v) is 9.99. The highest BCUT2D eigenvalue weighted by atomic mass is 14.9. The Kier molecular flexibility index (Phi) is 3.11. The summed E-state index contributed by atoms with van der Waals surface area (Å²) in [6, 6.07) is 16.0. The zero-order valence-electron chi connectivity index (χ0n) is 9.99. The van der Waals surface area contributed by atoms with Gasteiger partial charge in [0, 0.05) is 5.69 Å². The normalized spacial score (nSPS) is 9.71. The maximum atomic E-state index is 9.10. The molecule has 2 heteroatoms. The van der Waals surface area contributed by atoms with E-state index in [9.17, 15) is 0 Å². The summed E-state index contributed by atoms with van der Waals surface area (Å²) in [5, 5.41) is 12.4. The Hall–Kier alpha value is -2.27. The van der Waals surface area contributed by atoms with Gasteiger partial charge in [0.1, 0.15) is 6.07 Å². The van der Waals surface area contributed by atoms with Crippen LogP contribution in [-0.4, -0.2) is 0 Å². The number of rotatable bonds is 2. The van der Waals surface area contributed by atoms with Crippen LogP contribution >= 0.6 is 0 Å². The molecule has 0 radical (unpaired) electrons. The lowest BCUT2D eigenvalue weighted by Gasteiger charge is -2.13. The molecule has 0 saturated heterocycles. The van der Waals surface area contributed by atoms with E-state index in [1.54, 1.807) is 0 Å². The maximum absolute atomic E-state index is 9.10. The molecular formula is C15H14N2. The number of hydrogen-bond donors (Lipinski definition) is 1. The van der Waals surface area contributed by atoms with Crippen molar-refractivity contribution in [1.29, 1.82) is 5.26 Å². The molecule has 0 fully saturated rings. The van der Waals surface area contributed by atoms with Crippen molar-refractivity contribution in [2.75, 3.05) is 5.32 Å². The molecule has 0 unspecified atom stereocenters. The van der Waals surface area contributed by atoms with Gasteiger partial charge in [0.25, 0.3) is 0 Å². The van der Waals surface area contributed by atoms with Crippen molar-refractivity contribution in [3.8, 4) is 6.07 Å². The summed E-state index contributed by atoms with van der Waals surface area (Å²) in [6.07, 6.45) is 0. The number of para-hydroxylation sites is 2. The van der Waals surface area contributed by atoms with Crippen LogP contribution < -0.4 is 5.32 Å². The highest BCUT2D eigenvalue weighted by molar-refractivity contribution is 5.71. The molecule has 0 aromatic heterocycles. The predicted molar refractivity (Wildman–Crippen MR) is 70.4 cm³/mol. The van der Waals surface area contributed by atoms with Gasteiger partial charge in [-0.3, -0.25) is 0 Å². The Balaban J connectivity index is 2.44. The molecule has 2 nitrogen and oxygen atoms in total. The average molecular weight is 222 g/mol. The summed E-state index contributed by atoms with van der Waals surface area (Å²) >= 11 is 0. The average Bonchev–Trinajstić information content (AvgIpc) is 2.34. The lowest BCUT2D eigenvalue weighted by atomic mass is 10.1. The quantitative estimate of drug-likeness (QED) is 0.836. The second-order valence-corrected chi connectivity index (χ2v) is 4.05. The van der Waals surface area contributed by atoms with Gasteiger partial charge < -0.3 is 5.32 Å². The largest absolute Gasteiger partial charge is 0.354 e. The Morgan fingerprint density at radius 1 is 0.941 bits per heavy atom. The summed E-state index contributed by atoms with van der Waals surface area (Å²) in [4.78, 5) is 0. The number of anilines is 2. The minimum absolute atomic E-state index is 0.674. The molecule has 1 N–H and O–H groups in total. The van der Waals surface area contributed by atoms with Crippen molar-refractivity contribution >= 4 is 11.4 Å². The van der Waals surface area contributed by atoms with Crippen molar-refractivity contribution in [2.45, 2.75) is 13.8 Å². The Morgan fingerprint density at radius 2 is 1.65 bits per heavy atom. The van der Waals surface area contributed by atoms with Crippen LogP contribution in [0.5, 0.6) is 0 Å². The molecule has 0 amide bonds. The first-order chi connectivity index (χ1) is 8.22. The predicted octanol–water partition coefficient (Wildman–Crippen LogP) is 3.92. The first-order valence-corrected chi connectivity index (χ1v) is 5.54. The number of nitriles is 1. The van der Waals surface area contributed by atoms with Gasteiger partial charge in [0.2, 0.25) is 0 Å². The van der Waals surface area contributed by atoms with E-state index >= 15 is 0 Å². The summed E-state index contributed by atoms with van der Waals surface area (Å²) in [6.45, 7) is 4.05. The minimum atomic E-state index is 0.674. The molecule has 0 saturated carbocycles. The minimum Gasteiger partial charge on any atom is -0.354 e. The third-order valence-electron chi connectivity index (χ3n) is 2.80. The van der Waals surface area contributed by atoms with E-state index in [2.05, 4.69) is 11.4 Å². The molecule has 0 heterocycles. The number of aryl methyl sites for hydroxylation is 2. The highest BCUT2D eigenvalue weighted by Crippen LogP contribution is 2.26. The number of nitrogens with one attached hydrogen (secondary N) is 1. The van der Waals surface area contributed by atoms with Gasteiger partial charge in [-0.15, -0.1) is 0 Å². The lowest BCUT2D eigenvalue weighted by Crippen LogP contribution is -1.97. The first kappa shape index (κ1) is 11.2. The molecular weight excluding hydrogens is 208 g/mol. The van der Waals surface area contributed by atoms with Crippen LogP contribution in [0.4, 0.5) is 11.4 Å². The molecule has 0 atom stereocenters. The van der Waals surface area contributed by atoms with Crippen LogP contribution in [0.2, 0.25) is 0 Å². The Bertz CT molecular complexity index is 580. The maximum Gasteiger partial charge on any atom is 0.101 e. The molecule has 0 spiro atoms. The highest BCUT2D eigenvalue weighted by Gasteiger charge is 2.06. The number of nitrogens with zero attached hydrogens (tertiary/aromatic N) is 1. The topological polar surface area (TPSA) is 35.8 Å². The smallest absolute Gasteiger partial charge is 0.101 e. The van der Waals surface area contributed by atoms with Crippen LogP contribution in [0.25, 0.3) is 0 Å². The van der Waals surface area contributed by atoms with Gasteiger partial charge in [-0.05, 0) is 37.1 Å². The van der Waals surface area contributed by atoms with E-state index in [1.807, 2.05) is 56.3 Å².